The minimum atomic E-state index is 0.504. The van der Waals surface area contributed by atoms with Gasteiger partial charge in [-0.1, -0.05) is 0 Å². The fourth-order valence-corrected chi connectivity index (χ4v) is 2.31. The zero-order valence-electron chi connectivity index (χ0n) is 9.74. The second kappa shape index (κ2) is 5.80. The van der Waals surface area contributed by atoms with E-state index in [4.69, 9.17) is 4.74 Å². The molecule has 0 spiro atoms. The number of methoxy groups -OCH3 is 1. The van der Waals surface area contributed by atoms with Gasteiger partial charge >= 0.3 is 0 Å². The molecule has 4 heteroatoms. The molecule has 2 rings (SSSR count). The Labute approximate surface area is 92.6 Å². The summed E-state index contributed by atoms with van der Waals surface area (Å²) >= 11 is 0. The molecule has 2 saturated heterocycles. The zero-order chi connectivity index (χ0) is 10.5. The molecule has 15 heavy (non-hydrogen) atoms. The second-order valence-corrected chi connectivity index (χ2v) is 4.56. The van der Waals surface area contributed by atoms with Crippen LogP contribution in [0.4, 0.5) is 0 Å². The van der Waals surface area contributed by atoms with Gasteiger partial charge in [0.05, 0.1) is 6.10 Å². The molecule has 0 aromatic rings. The molecule has 0 aromatic heterocycles. The van der Waals surface area contributed by atoms with Crippen molar-refractivity contribution in [3.63, 3.8) is 0 Å². The summed E-state index contributed by atoms with van der Waals surface area (Å²) in [7, 11) is 1.81. The lowest BCUT2D eigenvalue weighted by molar-refractivity contribution is -0.0303. The minimum absolute atomic E-state index is 0.504. The van der Waals surface area contributed by atoms with Crippen LogP contribution in [0.3, 0.4) is 0 Å². The molecule has 2 aliphatic heterocycles. The molecule has 0 atom stereocenters. The van der Waals surface area contributed by atoms with Crippen molar-refractivity contribution in [3.8, 4) is 0 Å². The summed E-state index contributed by atoms with van der Waals surface area (Å²) in [6.45, 7) is 9.54. The van der Waals surface area contributed by atoms with Gasteiger partial charge in [-0.15, -0.1) is 0 Å². The third kappa shape index (κ3) is 3.41. The van der Waals surface area contributed by atoms with Gasteiger partial charge in [0.2, 0.25) is 0 Å². The highest BCUT2D eigenvalue weighted by molar-refractivity contribution is 4.80. The smallest absolute Gasteiger partial charge is 0.0824 e. The third-order valence-corrected chi connectivity index (χ3v) is 3.42. The largest absolute Gasteiger partial charge is 0.379 e. The van der Waals surface area contributed by atoms with Gasteiger partial charge < -0.3 is 15.0 Å². The molecular formula is C11H23N3O. The monoisotopic (exact) mass is 213 g/mol. The topological polar surface area (TPSA) is 27.7 Å². The molecule has 2 heterocycles. The predicted molar refractivity (Wildman–Crippen MR) is 61.2 cm³/mol. The van der Waals surface area contributed by atoms with Crippen molar-refractivity contribution in [2.75, 3.05) is 59.5 Å². The van der Waals surface area contributed by atoms with Crippen LogP contribution in [0.5, 0.6) is 0 Å². The van der Waals surface area contributed by atoms with Gasteiger partial charge in [-0.3, -0.25) is 4.90 Å². The van der Waals surface area contributed by atoms with E-state index in [0.717, 1.165) is 26.2 Å². The number of ether oxygens (including phenoxy) is 1. The maximum absolute atomic E-state index is 5.25. The molecule has 4 nitrogen and oxygen atoms in total. The van der Waals surface area contributed by atoms with E-state index >= 15 is 0 Å². The van der Waals surface area contributed by atoms with Crippen LogP contribution >= 0.6 is 0 Å². The lowest BCUT2D eigenvalue weighted by atomic mass is 10.1. The van der Waals surface area contributed by atoms with Crippen LogP contribution in [-0.4, -0.2) is 75.4 Å². The maximum Gasteiger partial charge on any atom is 0.0824 e. The Balaban J connectivity index is 1.48. The van der Waals surface area contributed by atoms with E-state index in [1.807, 2.05) is 7.11 Å². The molecular weight excluding hydrogens is 190 g/mol. The molecule has 0 amide bonds. The number of hydrogen-bond donors (Lipinski definition) is 1. The number of nitrogens with one attached hydrogen (secondary N) is 1. The van der Waals surface area contributed by atoms with Crippen molar-refractivity contribution >= 4 is 0 Å². The van der Waals surface area contributed by atoms with Crippen LogP contribution in [0.1, 0.15) is 6.42 Å². The third-order valence-electron chi connectivity index (χ3n) is 3.42. The van der Waals surface area contributed by atoms with Gasteiger partial charge in [-0.25, -0.2) is 0 Å². The van der Waals surface area contributed by atoms with Gasteiger partial charge in [0.1, 0.15) is 0 Å². The van der Waals surface area contributed by atoms with Gasteiger partial charge in [0.15, 0.2) is 0 Å². The quantitative estimate of drug-likeness (QED) is 0.673. The van der Waals surface area contributed by atoms with Crippen molar-refractivity contribution in [1.29, 1.82) is 0 Å². The summed E-state index contributed by atoms with van der Waals surface area (Å²) in [4.78, 5) is 5.04. The van der Waals surface area contributed by atoms with Crippen molar-refractivity contribution in [2.24, 2.45) is 0 Å². The van der Waals surface area contributed by atoms with E-state index < -0.39 is 0 Å². The molecule has 0 radical (unpaired) electrons. The molecule has 0 aromatic carbocycles. The molecule has 2 fully saturated rings. The van der Waals surface area contributed by atoms with Crippen LogP contribution in [0.15, 0.2) is 0 Å². The van der Waals surface area contributed by atoms with Gasteiger partial charge in [0, 0.05) is 46.4 Å². The summed E-state index contributed by atoms with van der Waals surface area (Å²) in [5.74, 6) is 0. The van der Waals surface area contributed by atoms with Gasteiger partial charge in [0.25, 0.3) is 0 Å². The van der Waals surface area contributed by atoms with E-state index in [2.05, 4.69) is 15.1 Å². The van der Waals surface area contributed by atoms with E-state index in [9.17, 15) is 0 Å². The molecule has 0 unspecified atom stereocenters. The Morgan fingerprint density at radius 2 is 1.80 bits per heavy atom. The highest BCUT2D eigenvalue weighted by atomic mass is 16.5. The van der Waals surface area contributed by atoms with Crippen molar-refractivity contribution in [1.82, 2.24) is 15.1 Å². The predicted octanol–water partition coefficient (Wildman–Crippen LogP) is -0.388. The number of likely N-dealkylation sites (tertiary alicyclic amines) is 1. The molecule has 2 aliphatic rings. The number of hydrogen-bond acceptors (Lipinski definition) is 4. The molecule has 0 bridgehead atoms. The number of rotatable bonds is 5. The summed E-state index contributed by atoms with van der Waals surface area (Å²) in [6.07, 6.45) is 1.81. The Kier molecular flexibility index (Phi) is 4.38. The van der Waals surface area contributed by atoms with Crippen molar-refractivity contribution in [3.05, 3.63) is 0 Å². The fourth-order valence-electron chi connectivity index (χ4n) is 2.31. The van der Waals surface area contributed by atoms with Crippen molar-refractivity contribution in [2.45, 2.75) is 12.5 Å². The van der Waals surface area contributed by atoms with E-state index in [1.54, 1.807) is 0 Å². The Morgan fingerprint density at radius 3 is 2.47 bits per heavy atom. The van der Waals surface area contributed by atoms with E-state index in [1.165, 1.54) is 32.6 Å². The van der Waals surface area contributed by atoms with Crippen LogP contribution in [-0.2, 0) is 4.74 Å². The Hall–Kier alpha value is -0.160. The molecule has 0 aliphatic carbocycles. The first-order valence-corrected chi connectivity index (χ1v) is 6.06. The van der Waals surface area contributed by atoms with Gasteiger partial charge in [-0.05, 0) is 19.5 Å². The fraction of sp³-hybridized carbons (Fsp3) is 1.00. The summed E-state index contributed by atoms with van der Waals surface area (Å²) < 4.78 is 5.25. The molecule has 1 N–H and O–H groups in total. The Morgan fingerprint density at radius 1 is 1.13 bits per heavy atom. The van der Waals surface area contributed by atoms with Gasteiger partial charge in [-0.2, -0.15) is 0 Å². The second-order valence-electron chi connectivity index (χ2n) is 4.56. The van der Waals surface area contributed by atoms with E-state index in [0.29, 0.717) is 6.10 Å². The van der Waals surface area contributed by atoms with E-state index in [-0.39, 0.29) is 0 Å². The number of nitrogens with zero attached hydrogens (tertiary/aromatic N) is 2. The zero-order valence-corrected chi connectivity index (χ0v) is 9.74. The van der Waals surface area contributed by atoms with Crippen LogP contribution in [0.2, 0.25) is 0 Å². The minimum Gasteiger partial charge on any atom is -0.379 e. The standard InChI is InChI=1S/C11H23N3O/c1-15-11-9-14(10-11)6-2-5-13-7-3-12-4-8-13/h11-12H,2-10H2,1H3. The van der Waals surface area contributed by atoms with Crippen LogP contribution < -0.4 is 5.32 Å². The average Bonchev–Trinajstić information content (AvgIpc) is 2.23. The normalized spacial score (nSPS) is 25.4. The van der Waals surface area contributed by atoms with Crippen LogP contribution in [0, 0.1) is 0 Å². The average molecular weight is 213 g/mol. The van der Waals surface area contributed by atoms with Crippen molar-refractivity contribution < 1.29 is 4.74 Å². The lowest BCUT2D eigenvalue weighted by Crippen LogP contribution is -2.52. The van der Waals surface area contributed by atoms with Crippen LogP contribution in [0.25, 0.3) is 0 Å². The summed E-state index contributed by atoms with van der Waals surface area (Å²) in [6, 6.07) is 0. The number of piperazine rings is 1. The first kappa shape index (κ1) is 11.3. The summed E-state index contributed by atoms with van der Waals surface area (Å²) in [5, 5.41) is 3.38. The Bertz CT molecular complexity index is 177. The molecule has 88 valence electrons. The summed E-state index contributed by atoms with van der Waals surface area (Å²) in [5.41, 5.74) is 0. The lowest BCUT2D eigenvalue weighted by Gasteiger charge is -2.38. The first-order chi connectivity index (χ1) is 7.38. The highest BCUT2D eigenvalue weighted by Crippen LogP contribution is 2.10. The highest BCUT2D eigenvalue weighted by Gasteiger charge is 2.25. The molecule has 0 saturated carbocycles. The first-order valence-electron chi connectivity index (χ1n) is 6.06. The SMILES string of the molecule is COC1CN(CCCN2CCNCC2)C1. The maximum atomic E-state index is 5.25.